The summed E-state index contributed by atoms with van der Waals surface area (Å²) in [6, 6.07) is 7.55. The number of ether oxygens (including phenoxy) is 1. The molecule has 8 heteroatoms. The minimum atomic E-state index is -0.653. The highest BCUT2D eigenvalue weighted by molar-refractivity contribution is 5.98. The summed E-state index contributed by atoms with van der Waals surface area (Å²) >= 11 is 0. The molecule has 0 N–H and O–H groups in total. The van der Waals surface area contributed by atoms with E-state index in [1.807, 2.05) is 0 Å². The normalized spacial score (nSPS) is 10.7. The number of hydrogen-bond donors (Lipinski definition) is 0. The van der Waals surface area contributed by atoms with Crippen LogP contribution in [0, 0.1) is 12.7 Å². The summed E-state index contributed by atoms with van der Waals surface area (Å²) in [5.41, 5.74) is 1.86. The molecule has 0 spiro atoms. The van der Waals surface area contributed by atoms with Gasteiger partial charge in [0.15, 0.2) is 12.3 Å². The van der Waals surface area contributed by atoms with Crippen molar-refractivity contribution in [2.75, 3.05) is 13.7 Å². The Hall–Kier alpha value is -3.29. The van der Waals surface area contributed by atoms with Crippen LogP contribution in [-0.2, 0) is 16.1 Å². The van der Waals surface area contributed by atoms with Crippen LogP contribution in [-0.4, -0.2) is 45.0 Å². The molecule has 0 bridgehead atoms. The van der Waals surface area contributed by atoms with Crippen molar-refractivity contribution >= 4 is 17.5 Å². The first-order valence-electron chi connectivity index (χ1n) is 7.91. The average Bonchev–Trinajstić information content (AvgIpc) is 2.97. The second-order valence-electron chi connectivity index (χ2n) is 5.80. The Morgan fingerprint density at radius 1 is 1.27 bits per heavy atom. The largest absolute Gasteiger partial charge is 0.452 e. The summed E-state index contributed by atoms with van der Waals surface area (Å²) in [4.78, 5) is 30.0. The van der Waals surface area contributed by atoms with E-state index in [0.29, 0.717) is 11.3 Å². The van der Waals surface area contributed by atoms with Crippen LogP contribution >= 0.6 is 0 Å². The summed E-state index contributed by atoms with van der Waals surface area (Å²) in [6.07, 6.45) is 3.22. The van der Waals surface area contributed by atoms with Crippen molar-refractivity contribution in [1.29, 1.82) is 0 Å². The Balaban J connectivity index is 1.62. The van der Waals surface area contributed by atoms with Gasteiger partial charge in [0, 0.05) is 26.0 Å². The number of aromatic nitrogens is 3. The number of halogens is 1. The molecule has 0 saturated heterocycles. The Kier molecular flexibility index (Phi) is 4.92. The molecule has 1 aromatic carbocycles. The summed E-state index contributed by atoms with van der Waals surface area (Å²) in [6.45, 7) is 1.56. The molecule has 0 fully saturated rings. The molecular formula is C18H17FN4O3. The molecule has 0 aliphatic rings. The van der Waals surface area contributed by atoms with Gasteiger partial charge in [-0.25, -0.2) is 18.7 Å². The van der Waals surface area contributed by atoms with Gasteiger partial charge in [0.25, 0.3) is 5.91 Å². The van der Waals surface area contributed by atoms with E-state index in [-0.39, 0.29) is 23.8 Å². The summed E-state index contributed by atoms with van der Waals surface area (Å²) in [5.74, 6) is -1.36. The predicted molar refractivity (Wildman–Crippen MR) is 90.9 cm³/mol. The molecule has 1 amide bonds. The maximum absolute atomic E-state index is 12.9. The van der Waals surface area contributed by atoms with E-state index in [9.17, 15) is 14.0 Å². The zero-order valence-corrected chi connectivity index (χ0v) is 14.3. The number of benzene rings is 1. The van der Waals surface area contributed by atoms with Gasteiger partial charge < -0.3 is 9.64 Å². The third-order valence-corrected chi connectivity index (χ3v) is 3.86. The molecule has 0 aliphatic heterocycles. The van der Waals surface area contributed by atoms with Crippen LogP contribution in [0.3, 0.4) is 0 Å². The number of amides is 1. The van der Waals surface area contributed by atoms with Crippen LogP contribution < -0.4 is 0 Å². The topological polar surface area (TPSA) is 76.8 Å². The third-order valence-electron chi connectivity index (χ3n) is 3.86. The summed E-state index contributed by atoms with van der Waals surface area (Å²) in [7, 11) is 1.58. The molecule has 0 saturated carbocycles. The molecule has 2 heterocycles. The van der Waals surface area contributed by atoms with Gasteiger partial charge in [-0.05, 0) is 30.7 Å². The average molecular weight is 356 g/mol. The lowest BCUT2D eigenvalue weighted by atomic mass is 10.2. The van der Waals surface area contributed by atoms with Crippen molar-refractivity contribution < 1.29 is 18.7 Å². The number of carbonyl (C=O) groups excluding carboxylic acids is 2. The monoisotopic (exact) mass is 356 g/mol. The minimum Gasteiger partial charge on any atom is -0.452 e. The van der Waals surface area contributed by atoms with E-state index in [0.717, 1.165) is 5.56 Å². The van der Waals surface area contributed by atoms with Gasteiger partial charge in [0.05, 0.1) is 5.69 Å². The Bertz CT molecular complexity index is 953. The zero-order chi connectivity index (χ0) is 18.7. The molecule has 0 atom stereocenters. The third kappa shape index (κ3) is 3.69. The van der Waals surface area contributed by atoms with E-state index in [2.05, 4.69) is 10.1 Å². The standard InChI is InChI=1S/C18H17FN4O3/c1-12-16(17-20-8-3-9-23(17)21-12)18(25)26-11-15(24)22(2)10-13-4-6-14(19)7-5-13/h3-9H,10-11H2,1-2H3. The highest BCUT2D eigenvalue weighted by Crippen LogP contribution is 2.14. The zero-order valence-electron chi connectivity index (χ0n) is 14.3. The van der Waals surface area contributed by atoms with Crippen LogP contribution in [0.1, 0.15) is 21.6 Å². The van der Waals surface area contributed by atoms with Crippen LogP contribution in [0.5, 0.6) is 0 Å². The van der Waals surface area contributed by atoms with Gasteiger partial charge in [-0.3, -0.25) is 4.79 Å². The lowest BCUT2D eigenvalue weighted by Crippen LogP contribution is -2.30. The number of hydrogen-bond acceptors (Lipinski definition) is 5. The fraction of sp³-hybridized carbons (Fsp3) is 0.222. The van der Waals surface area contributed by atoms with Crippen LogP contribution in [0.4, 0.5) is 4.39 Å². The maximum atomic E-state index is 12.9. The summed E-state index contributed by atoms with van der Waals surface area (Å²) < 4.78 is 19.5. The first-order chi connectivity index (χ1) is 12.5. The van der Waals surface area contributed by atoms with Crippen molar-refractivity contribution in [3.05, 3.63) is 65.4 Å². The number of carbonyl (C=O) groups is 2. The second kappa shape index (κ2) is 7.30. The number of fused-ring (bicyclic) bond motifs is 1. The van der Waals surface area contributed by atoms with Crippen LogP contribution in [0.15, 0.2) is 42.7 Å². The molecule has 3 aromatic rings. The SMILES string of the molecule is Cc1nn2cccnc2c1C(=O)OCC(=O)N(C)Cc1ccc(F)cc1. The number of nitrogens with zero attached hydrogens (tertiary/aromatic N) is 4. The smallest absolute Gasteiger partial charge is 0.344 e. The van der Waals surface area contributed by atoms with Crippen molar-refractivity contribution in [3.63, 3.8) is 0 Å². The molecular weight excluding hydrogens is 339 g/mol. The van der Waals surface area contributed by atoms with Gasteiger partial charge in [-0.15, -0.1) is 0 Å². The van der Waals surface area contributed by atoms with E-state index in [1.54, 1.807) is 44.6 Å². The first kappa shape index (κ1) is 17.5. The lowest BCUT2D eigenvalue weighted by Gasteiger charge is -2.17. The summed E-state index contributed by atoms with van der Waals surface area (Å²) in [5, 5.41) is 4.19. The second-order valence-corrected chi connectivity index (χ2v) is 5.80. The molecule has 0 radical (unpaired) electrons. The van der Waals surface area contributed by atoms with Gasteiger partial charge >= 0.3 is 5.97 Å². The quantitative estimate of drug-likeness (QED) is 0.654. The predicted octanol–water partition coefficient (Wildman–Crippen LogP) is 1.99. The number of aryl methyl sites for hydroxylation is 1. The van der Waals surface area contributed by atoms with E-state index in [1.165, 1.54) is 21.5 Å². The fourth-order valence-electron chi connectivity index (χ4n) is 2.50. The highest BCUT2D eigenvalue weighted by atomic mass is 19.1. The minimum absolute atomic E-state index is 0.236. The van der Waals surface area contributed by atoms with Crippen LogP contribution in [0.2, 0.25) is 0 Å². The van der Waals surface area contributed by atoms with Crippen molar-refractivity contribution in [3.8, 4) is 0 Å². The molecule has 7 nitrogen and oxygen atoms in total. The maximum Gasteiger partial charge on any atom is 0.344 e. The highest BCUT2D eigenvalue weighted by Gasteiger charge is 2.21. The lowest BCUT2D eigenvalue weighted by molar-refractivity contribution is -0.133. The number of rotatable bonds is 5. The fourth-order valence-corrected chi connectivity index (χ4v) is 2.50. The number of esters is 1. The van der Waals surface area contributed by atoms with Crippen LogP contribution in [0.25, 0.3) is 5.65 Å². The molecule has 26 heavy (non-hydrogen) atoms. The Labute approximate surface area is 149 Å². The Morgan fingerprint density at radius 3 is 2.73 bits per heavy atom. The number of likely N-dealkylation sites (N-methyl/N-ethyl adjacent to an activating group) is 1. The molecule has 0 aliphatic carbocycles. The van der Waals surface area contributed by atoms with Crippen molar-refractivity contribution in [2.24, 2.45) is 0 Å². The van der Waals surface area contributed by atoms with E-state index in [4.69, 9.17) is 4.74 Å². The van der Waals surface area contributed by atoms with Crippen molar-refractivity contribution in [2.45, 2.75) is 13.5 Å². The van der Waals surface area contributed by atoms with Gasteiger partial charge in [-0.2, -0.15) is 5.10 Å². The van der Waals surface area contributed by atoms with E-state index < -0.39 is 12.6 Å². The molecule has 3 rings (SSSR count). The Morgan fingerprint density at radius 2 is 2.00 bits per heavy atom. The van der Waals surface area contributed by atoms with Gasteiger partial charge in [0.2, 0.25) is 0 Å². The van der Waals surface area contributed by atoms with Crippen molar-refractivity contribution in [1.82, 2.24) is 19.5 Å². The van der Waals surface area contributed by atoms with Gasteiger partial charge in [0.1, 0.15) is 11.4 Å². The molecule has 0 unspecified atom stereocenters. The van der Waals surface area contributed by atoms with Gasteiger partial charge in [-0.1, -0.05) is 12.1 Å². The molecule has 134 valence electrons. The first-order valence-corrected chi connectivity index (χ1v) is 7.91. The van der Waals surface area contributed by atoms with E-state index >= 15 is 0 Å². The molecule has 2 aromatic heterocycles.